The molecule has 3 nitrogen and oxygen atoms in total. The quantitative estimate of drug-likeness (QED) is 0.508. The molecule has 1 rings (SSSR count). The van der Waals surface area contributed by atoms with E-state index in [1.54, 1.807) is 0 Å². The molecule has 0 bridgehead atoms. The number of benzene rings is 1. The first-order chi connectivity index (χ1) is 8.29. The van der Waals surface area contributed by atoms with E-state index < -0.39 is 35.1 Å². The summed E-state index contributed by atoms with van der Waals surface area (Å²) in [6.45, 7) is 6.92. The van der Waals surface area contributed by atoms with E-state index in [9.17, 15) is 0 Å². The van der Waals surface area contributed by atoms with Crippen molar-refractivity contribution in [2.24, 2.45) is 0 Å². The highest BCUT2D eigenvalue weighted by atomic mass is 28.2. The minimum atomic E-state index is -0.619. The third-order valence-corrected chi connectivity index (χ3v) is 4.59. The fourth-order valence-electron chi connectivity index (χ4n) is 1.77. The summed E-state index contributed by atoms with van der Waals surface area (Å²) < 4.78 is 17.7. The molecule has 0 N–H and O–H groups in total. The molecule has 0 atom stereocenters. The fraction of sp³-hybridized carbons (Fsp3) is 0.455. The molecule has 0 saturated heterocycles. The smallest absolute Gasteiger partial charge is 0.198 e. The second-order valence-electron chi connectivity index (χ2n) is 3.62. The Labute approximate surface area is 111 Å². The Balaban J connectivity index is 2.95. The van der Waals surface area contributed by atoms with Gasteiger partial charge in [-0.2, -0.15) is 0 Å². The van der Waals surface area contributed by atoms with Gasteiger partial charge in [-0.25, -0.2) is 0 Å². The lowest BCUT2D eigenvalue weighted by Gasteiger charge is -2.34. The van der Waals surface area contributed by atoms with Crippen LogP contribution in [0.2, 0.25) is 19.6 Å². The summed E-state index contributed by atoms with van der Waals surface area (Å²) >= 11 is 0. The molecule has 0 aliphatic carbocycles. The SMILES string of the molecule is C[SiH2]OCC(O[SiH2]C)(O[SiH2]C)c1ccccc1. The Morgan fingerprint density at radius 1 is 0.941 bits per heavy atom. The Bertz CT molecular complexity index is 302. The van der Waals surface area contributed by atoms with Crippen LogP contribution in [0, 0.1) is 0 Å². The molecule has 96 valence electrons. The van der Waals surface area contributed by atoms with E-state index in [4.69, 9.17) is 13.3 Å². The topological polar surface area (TPSA) is 27.7 Å². The molecule has 0 spiro atoms. The molecular weight excluding hydrogens is 264 g/mol. The number of rotatable bonds is 8. The van der Waals surface area contributed by atoms with Gasteiger partial charge in [-0.1, -0.05) is 50.0 Å². The second kappa shape index (κ2) is 7.96. The zero-order valence-electron chi connectivity index (χ0n) is 10.9. The van der Waals surface area contributed by atoms with Crippen molar-refractivity contribution >= 4 is 29.3 Å². The van der Waals surface area contributed by atoms with Crippen molar-refractivity contribution in [3.8, 4) is 0 Å². The van der Waals surface area contributed by atoms with Crippen molar-refractivity contribution in [3.63, 3.8) is 0 Å². The Hall–Kier alpha value is -0.249. The maximum absolute atomic E-state index is 6.01. The summed E-state index contributed by atoms with van der Waals surface area (Å²) in [7, 11) is -1.53. The first kappa shape index (κ1) is 14.8. The fourth-order valence-corrected chi connectivity index (χ4v) is 4.01. The van der Waals surface area contributed by atoms with Crippen molar-refractivity contribution in [1.82, 2.24) is 0 Å². The van der Waals surface area contributed by atoms with E-state index in [0.29, 0.717) is 6.61 Å². The molecule has 17 heavy (non-hydrogen) atoms. The van der Waals surface area contributed by atoms with Crippen LogP contribution in [-0.2, 0) is 19.1 Å². The predicted molar refractivity (Wildman–Crippen MR) is 79.5 cm³/mol. The summed E-state index contributed by atoms with van der Waals surface area (Å²) in [5, 5.41) is 0. The third kappa shape index (κ3) is 4.16. The molecule has 0 unspecified atom stereocenters. The van der Waals surface area contributed by atoms with Gasteiger partial charge in [0.05, 0.1) is 6.61 Å². The van der Waals surface area contributed by atoms with E-state index in [-0.39, 0.29) is 0 Å². The Morgan fingerprint density at radius 3 is 2.00 bits per heavy atom. The lowest BCUT2D eigenvalue weighted by Crippen LogP contribution is -2.40. The van der Waals surface area contributed by atoms with Crippen molar-refractivity contribution in [1.29, 1.82) is 0 Å². The Morgan fingerprint density at radius 2 is 1.53 bits per heavy atom. The third-order valence-electron chi connectivity index (χ3n) is 2.46. The first-order valence-corrected chi connectivity index (χ1v) is 12.2. The summed E-state index contributed by atoms with van der Waals surface area (Å²) in [6, 6.07) is 10.2. The highest BCUT2D eigenvalue weighted by Crippen LogP contribution is 2.27. The van der Waals surface area contributed by atoms with Crippen LogP contribution in [0.25, 0.3) is 0 Å². The van der Waals surface area contributed by atoms with Crippen molar-refractivity contribution in [2.45, 2.75) is 25.4 Å². The van der Waals surface area contributed by atoms with Gasteiger partial charge in [-0.3, -0.25) is 0 Å². The number of hydrogen-bond donors (Lipinski definition) is 0. The average Bonchev–Trinajstić information content (AvgIpc) is 2.37. The van der Waals surface area contributed by atoms with Gasteiger partial charge < -0.3 is 13.3 Å². The molecule has 1 aromatic rings. The molecule has 0 heterocycles. The summed E-state index contributed by atoms with van der Waals surface area (Å²) in [5.74, 6) is -0.619. The van der Waals surface area contributed by atoms with Gasteiger partial charge in [-0.15, -0.1) is 0 Å². The molecule has 0 aliphatic heterocycles. The summed E-state index contributed by atoms with van der Waals surface area (Å²) in [4.78, 5) is 0. The molecule has 0 aliphatic rings. The zero-order valence-corrected chi connectivity index (χ0v) is 15.2. The van der Waals surface area contributed by atoms with E-state index in [1.165, 1.54) is 0 Å². The molecule has 0 fully saturated rings. The number of hydrogen-bond acceptors (Lipinski definition) is 3. The highest BCUT2D eigenvalue weighted by molar-refractivity contribution is 6.26. The maximum Gasteiger partial charge on any atom is 0.198 e. The van der Waals surface area contributed by atoms with Gasteiger partial charge in [0, 0.05) is 5.56 Å². The van der Waals surface area contributed by atoms with E-state index in [2.05, 4.69) is 31.8 Å². The standard InChI is InChI=1S/C11H22O3Si3/c1-15-12-9-11(13-16-2,14-17-3)10-7-5-4-6-8-10/h4-8H,9,15-17H2,1-3H3. The molecule has 0 saturated carbocycles. The van der Waals surface area contributed by atoms with E-state index in [0.717, 1.165) is 5.56 Å². The van der Waals surface area contributed by atoms with Crippen LogP contribution in [0.3, 0.4) is 0 Å². The van der Waals surface area contributed by atoms with Gasteiger partial charge in [0.25, 0.3) is 0 Å². The minimum absolute atomic E-state index is 0.434. The minimum Gasteiger partial charge on any atom is -0.418 e. The lowest BCUT2D eigenvalue weighted by atomic mass is 10.1. The van der Waals surface area contributed by atoms with E-state index >= 15 is 0 Å². The summed E-state index contributed by atoms with van der Waals surface area (Å²) in [6.07, 6.45) is 0. The highest BCUT2D eigenvalue weighted by Gasteiger charge is 2.32. The zero-order chi connectivity index (χ0) is 12.6. The van der Waals surface area contributed by atoms with Crippen LogP contribution in [0.5, 0.6) is 0 Å². The molecule has 0 aromatic heterocycles. The van der Waals surface area contributed by atoms with Crippen LogP contribution in [0.4, 0.5) is 0 Å². The molecule has 0 radical (unpaired) electrons. The van der Waals surface area contributed by atoms with Crippen LogP contribution < -0.4 is 0 Å². The van der Waals surface area contributed by atoms with Gasteiger partial charge in [0.15, 0.2) is 35.1 Å². The lowest BCUT2D eigenvalue weighted by molar-refractivity contribution is -0.146. The maximum atomic E-state index is 6.01. The van der Waals surface area contributed by atoms with Gasteiger partial charge in [-0.05, 0) is 0 Å². The van der Waals surface area contributed by atoms with Gasteiger partial charge in [0.1, 0.15) is 0 Å². The van der Waals surface area contributed by atoms with Crippen LogP contribution >= 0.6 is 0 Å². The predicted octanol–water partition coefficient (Wildman–Crippen LogP) is 0.285. The van der Waals surface area contributed by atoms with Gasteiger partial charge in [0.2, 0.25) is 0 Å². The van der Waals surface area contributed by atoms with Crippen molar-refractivity contribution < 1.29 is 13.3 Å². The monoisotopic (exact) mass is 286 g/mol. The van der Waals surface area contributed by atoms with Gasteiger partial charge >= 0.3 is 0 Å². The van der Waals surface area contributed by atoms with Crippen LogP contribution in [0.1, 0.15) is 5.56 Å². The molecule has 6 heteroatoms. The first-order valence-electron chi connectivity index (χ1n) is 6.20. The van der Waals surface area contributed by atoms with Crippen molar-refractivity contribution in [3.05, 3.63) is 35.9 Å². The van der Waals surface area contributed by atoms with Crippen LogP contribution in [-0.4, -0.2) is 35.9 Å². The van der Waals surface area contributed by atoms with E-state index in [1.807, 2.05) is 18.2 Å². The normalized spacial score (nSPS) is 16.6. The summed E-state index contributed by atoms with van der Waals surface area (Å²) in [5.41, 5.74) is 1.09. The Kier molecular flexibility index (Phi) is 6.93. The molecule has 0 amide bonds. The second-order valence-corrected chi connectivity index (χ2v) is 6.34. The molecule has 1 aromatic carbocycles. The molecular formula is C11H22O3Si3. The average molecular weight is 287 g/mol. The van der Waals surface area contributed by atoms with Crippen LogP contribution in [0.15, 0.2) is 30.3 Å². The largest absolute Gasteiger partial charge is 0.418 e. The van der Waals surface area contributed by atoms with Crippen molar-refractivity contribution in [2.75, 3.05) is 6.61 Å².